The van der Waals surface area contributed by atoms with Gasteiger partial charge in [-0.3, -0.25) is 0 Å². The molecule has 0 fully saturated rings. The van der Waals surface area contributed by atoms with Crippen molar-refractivity contribution in [1.82, 2.24) is 5.32 Å². The maximum absolute atomic E-state index is 5.38. The molecular formula is C18H25NOS. The monoisotopic (exact) mass is 303 g/mol. The van der Waals surface area contributed by atoms with Crippen LogP contribution in [0.4, 0.5) is 0 Å². The second-order valence-corrected chi connectivity index (χ2v) is 6.64. The molecule has 1 aromatic carbocycles. The molecule has 0 saturated carbocycles. The van der Waals surface area contributed by atoms with E-state index in [1.807, 2.05) is 18.7 Å². The average molecular weight is 303 g/mol. The van der Waals surface area contributed by atoms with Gasteiger partial charge in [0, 0.05) is 16.7 Å². The zero-order valence-electron chi connectivity index (χ0n) is 13.4. The van der Waals surface area contributed by atoms with Crippen molar-refractivity contribution in [3.63, 3.8) is 0 Å². The minimum Gasteiger partial charge on any atom is -0.468 e. The molecule has 1 atom stereocenters. The van der Waals surface area contributed by atoms with Gasteiger partial charge in [0.1, 0.15) is 5.76 Å². The minimum absolute atomic E-state index is 0.378. The lowest BCUT2D eigenvalue weighted by molar-refractivity contribution is 0.526. The van der Waals surface area contributed by atoms with Gasteiger partial charge in [0.15, 0.2) is 0 Å². The Kier molecular flexibility index (Phi) is 5.95. The van der Waals surface area contributed by atoms with E-state index in [4.69, 9.17) is 4.42 Å². The van der Waals surface area contributed by atoms with Crippen LogP contribution in [-0.4, -0.2) is 12.3 Å². The number of nitrogens with one attached hydrogen (secondary N) is 1. The molecule has 0 bridgehead atoms. The Hall–Kier alpha value is -1.19. The lowest BCUT2D eigenvalue weighted by Gasteiger charge is -2.20. The van der Waals surface area contributed by atoms with Gasteiger partial charge in [-0.15, -0.1) is 11.8 Å². The van der Waals surface area contributed by atoms with Crippen molar-refractivity contribution >= 4 is 11.8 Å². The first kappa shape index (κ1) is 16.2. The topological polar surface area (TPSA) is 25.2 Å². The Morgan fingerprint density at radius 3 is 2.43 bits per heavy atom. The Balaban J connectivity index is 2.11. The predicted octanol–water partition coefficient (Wildman–Crippen LogP) is 5.04. The van der Waals surface area contributed by atoms with Crippen LogP contribution >= 0.6 is 11.8 Å². The van der Waals surface area contributed by atoms with Crippen LogP contribution in [-0.2, 0) is 0 Å². The Bertz CT molecular complexity index is 556. The molecule has 0 spiro atoms. The molecule has 3 heteroatoms. The number of furan rings is 1. The standard InChI is InChI=1S/C18H25NOS/c1-5-7-19-17(12-21-18-6-8-20-15(18)4)16-10-13(2)9-14(3)11-16/h6,8-11,17,19H,5,7,12H2,1-4H3. The Morgan fingerprint density at radius 1 is 1.14 bits per heavy atom. The largest absolute Gasteiger partial charge is 0.468 e. The van der Waals surface area contributed by atoms with Gasteiger partial charge in [-0.1, -0.05) is 36.2 Å². The number of hydrogen-bond acceptors (Lipinski definition) is 3. The van der Waals surface area contributed by atoms with Gasteiger partial charge in [0.25, 0.3) is 0 Å². The molecule has 0 radical (unpaired) electrons. The maximum atomic E-state index is 5.38. The highest BCUT2D eigenvalue weighted by molar-refractivity contribution is 7.99. The molecule has 0 aliphatic heterocycles. The van der Waals surface area contributed by atoms with Crippen molar-refractivity contribution in [2.75, 3.05) is 12.3 Å². The summed E-state index contributed by atoms with van der Waals surface area (Å²) in [4.78, 5) is 1.24. The molecule has 1 heterocycles. The summed E-state index contributed by atoms with van der Waals surface area (Å²) >= 11 is 1.86. The van der Waals surface area contributed by atoms with Crippen LogP contribution in [0.5, 0.6) is 0 Å². The molecule has 0 amide bonds. The second-order valence-electron chi connectivity index (χ2n) is 5.58. The lowest BCUT2D eigenvalue weighted by atomic mass is 10.0. The summed E-state index contributed by atoms with van der Waals surface area (Å²) in [5.74, 6) is 2.03. The Morgan fingerprint density at radius 2 is 1.86 bits per heavy atom. The fraction of sp³-hybridized carbons (Fsp3) is 0.444. The van der Waals surface area contributed by atoms with Crippen LogP contribution in [0.3, 0.4) is 0 Å². The first-order valence-corrected chi connectivity index (χ1v) is 8.57. The van der Waals surface area contributed by atoms with E-state index in [1.165, 1.54) is 21.6 Å². The Labute approximate surface area is 132 Å². The van der Waals surface area contributed by atoms with E-state index >= 15 is 0 Å². The van der Waals surface area contributed by atoms with Crippen LogP contribution in [0.2, 0.25) is 0 Å². The lowest BCUT2D eigenvalue weighted by Crippen LogP contribution is -2.24. The van der Waals surface area contributed by atoms with Gasteiger partial charge >= 0.3 is 0 Å². The third-order valence-electron chi connectivity index (χ3n) is 3.50. The van der Waals surface area contributed by atoms with Crippen molar-refractivity contribution in [1.29, 1.82) is 0 Å². The van der Waals surface area contributed by atoms with Crippen LogP contribution in [0.1, 0.15) is 41.8 Å². The number of hydrogen-bond donors (Lipinski definition) is 1. The first-order chi connectivity index (χ1) is 10.1. The van der Waals surface area contributed by atoms with Gasteiger partial charge in [-0.05, 0) is 45.4 Å². The third-order valence-corrected chi connectivity index (χ3v) is 4.74. The molecule has 2 aromatic rings. The highest BCUT2D eigenvalue weighted by atomic mass is 32.2. The summed E-state index contributed by atoms with van der Waals surface area (Å²) in [5.41, 5.74) is 4.05. The van der Waals surface area contributed by atoms with E-state index in [9.17, 15) is 0 Å². The zero-order chi connectivity index (χ0) is 15.2. The minimum atomic E-state index is 0.378. The summed E-state index contributed by atoms with van der Waals surface area (Å²) in [7, 11) is 0. The summed E-state index contributed by atoms with van der Waals surface area (Å²) in [5, 5.41) is 3.67. The summed E-state index contributed by atoms with van der Waals surface area (Å²) in [6, 6.07) is 9.25. The molecule has 21 heavy (non-hydrogen) atoms. The molecule has 0 aliphatic carbocycles. The van der Waals surface area contributed by atoms with Gasteiger partial charge < -0.3 is 9.73 Å². The highest BCUT2D eigenvalue weighted by Gasteiger charge is 2.13. The highest BCUT2D eigenvalue weighted by Crippen LogP contribution is 2.28. The van der Waals surface area contributed by atoms with Crippen LogP contribution in [0.15, 0.2) is 39.8 Å². The molecule has 2 nitrogen and oxygen atoms in total. The van der Waals surface area contributed by atoms with Gasteiger partial charge in [0.05, 0.1) is 6.26 Å². The second kappa shape index (κ2) is 7.71. The summed E-state index contributed by atoms with van der Waals surface area (Å²) in [6.45, 7) is 9.61. The fourth-order valence-corrected chi connectivity index (χ4v) is 3.56. The summed E-state index contributed by atoms with van der Waals surface area (Å²) < 4.78 is 5.38. The van der Waals surface area contributed by atoms with E-state index < -0.39 is 0 Å². The summed E-state index contributed by atoms with van der Waals surface area (Å²) in [6.07, 6.45) is 2.92. The molecular weight excluding hydrogens is 278 g/mol. The molecule has 0 aliphatic rings. The van der Waals surface area contributed by atoms with E-state index in [-0.39, 0.29) is 0 Å². The molecule has 1 unspecified atom stereocenters. The van der Waals surface area contributed by atoms with Crippen molar-refractivity contribution in [2.45, 2.75) is 45.1 Å². The van der Waals surface area contributed by atoms with Gasteiger partial charge in [-0.2, -0.15) is 0 Å². The molecule has 1 aromatic heterocycles. The van der Waals surface area contributed by atoms with Crippen LogP contribution in [0.25, 0.3) is 0 Å². The van der Waals surface area contributed by atoms with Crippen LogP contribution < -0.4 is 5.32 Å². The normalized spacial score (nSPS) is 12.6. The van der Waals surface area contributed by atoms with Crippen LogP contribution in [0, 0.1) is 20.8 Å². The van der Waals surface area contributed by atoms with Crippen molar-refractivity contribution in [3.8, 4) is 0 Å². The molecule has 0 saturated heterocycles. The number of rotatable bonds is 7. The number of aryl methyl sites for hydroxylation is 3. The average Bonchev–Trinajstić information content (AvgIpc) is 2.83. The molecule has 2 rings (SSSR count). The van der Waals surface area contributed by atoms with E-state index in [2.05, 4.69) is 50.4 Å². The first-order valence-electron chi connectivity index (χ1n) is 7.58. The van der Waals surface area contributed by atoms with E-state index in [0.717, 1.165) is 24.5 Å². The third kappa shape index (κ3) is 4.65. The van der Waals surface area contributed by atoms with E-state index in [1.54, 1.807) is 6.26 Å². The fourth-order valence-electron chi connectivity index (χ4n) is 2.50. The predicted molar refractivity (Wildman–Crippen MR) is 91.1 cm³/mol. The number of benzene rings is 1. The maximum Gasteiger partial charge on any atom is 0.114 e. The quantitative estimate of drug-likeness (QED) is 0.726. The number of thioether (sulfide) groups is 1. The smallest absolute Gasteiger partial charge is 0.114 e. The van der Waals surface area contributed by atoms with Gasteiger partial charge in [-0.25, -0.2) is 0 Å². The van der Waals surface area contributed by atoms with Crippen molar-refractivity contribution in [2.24, 2.45) is 0 Å². The van der Waals surface area contributed by atoms with Gasteiger partial charge in [0.2, 0.25) is 0 Å². The van der Waals surface area contributed by atoms with E-state index in [0.29, 0.717) is 6.04 Å². The SMILES string of the molecule is CCCNC(CSc1ccoc1C)c1cc(C)cc(C)c1. The van der Waals surface area contributed by atoms with Crippen molar-refractivity contribution in [3.05, 3.63) is 53.0 Å². The molecule has 114 valence electrons. The molecule has 1 N–H and O–H groups in total. The van der Waals surface area contributed by atoms with Crippen molar-refractivity contribution < 1.29 is 4.42 Å². The zero-order valence-corrected chi connectivity index (χ0v) is 14.2.